The number of hydrogen-bond acceptors (Lipinski definition) is 2. The van der Waals surface area contributed by atoms with Crippen LogP contribution in [-0.2, 0) is 6.54 Å². The summed E-state index contributed by atoms with van der Waals surface area (Å²) in [6.45, 7) is 0.404. The second-order valence-corrected chi connectivity index (χ2v) is 7.27. The van der Waals surface area contributed by atoms with Crippen LogP contribution in [-0.4, -0.2) is 11.7 Å². The lowest BCUT2D eigenvalue weighted by molar-refractivity contribution is 0.407. The molecule has 0 N–H and O–H groups in total. The Hall–Kier alpha value is -2.92. The lowest BCUT2D eigenvalue weighted by atomic mass is 9.99. The monoisotopic (exact) mass is 437 g/mol. The molecule has 3 nitrogen and oxygen atoms in total. The molecule has 3 aromatic carbocycles. The molecule has 0 saturated carbocycles. The minimum Gasteiger partial charge on any atom is -0.491 e. The smallest absolute Gasteiger partial charge is 0.294 e. The number of nitrogens with zero attached hydrogens (tertiary/aromatic N) is 1. The van der Waals surface area contributed by atoms with Crippen molar-refractivity contribution in [2.75, 3.05) is 7.11 Å². The second kappa shape index (κ2) is 7.60. The number of para-hydroxylation sites is 1. The number of benzene rings is 3. The summed E-state index contributed by atoms with van der Waals surface area (Å²) < 4.78 is 21.6. The van der Waals surface area contributed by atoms with E-state index in [9.17, 15) is 9.18 Å². The van der Waals surface area contributed by atoms with Crippen LogP contribution in [0.15, 0.2) is 82.1 Å². The van der Waals surface area contributed by atoms with Crippen LogP contribution >= 0.6 is 15.9 Å². The van der Waals surface area contributed by atoms with E-state index >= 15 is 0 Å². The third-order valence-corrected chi connectivity index (χ3v) is 5.53. The average Bonchev–Trinajstić information content (AvgIpc) is 2.72. The zero-order chi connectivity index (χ0) is 19.7. The highest BCUT2D eigenvalue weighted by Gasteiger charge is 2.19. The number of ether oxygens (including phenoxy) is 1. The zero-order valence-electron chi connectivity index (χ0n) is 15.2. The summed E-state index contributed by atoms with van der Waals surface area (Å²) in [5.41, 5.74) is 2.97. The van der Waals surface area contributed by atoms with Crippen LogP contribution in [0.2, 0.25) is 0 Å². The van der Waals surface area contributed by atoms with Gasteiger partial charge in [-0.3, -0.25) is 4.79 Å². The van der Waals surface area contributed by atoms with E-state index in [1.807, 2.05) is 48.5 Å². The van der Waals surface area contributed by atoms with E-state index in [0.29, 0.717) is 12.1 Å². The molecule has 0 amide bonds. The largest absolute Gasteiger partial charge is 0.491 e. The second-order valence-electron chi connectivity index (χ2n) is 6.41. The molecule has 1 heterocycles. The Kier molecular flexibility index (Phi) is 5.01. The van der Waals surface area contributed by atoms with Gasteiger partial charge in [-0.15, -0.1) is 0 Å². The Labute approximate surface area is 170 Å². The van der Waals surface area contributed by atoms with Gasteiger partial charge in [0.2, 0.25) is 0 Å². The predicted molar refractivity (Wildman–Crippen MR) is 113 cm³/mol. The highest BCUT2D eigenvalue weighted by molar-refractivity contribution is 9.10. The summed E-state index contributed by atoms with van der Waals surface area (Å²) >= 11 is 3.55. The van der Waals surface area contributed by atoms with Gasteiger partial charge >= 0.3 is 0 Å². The van der Waals surface area contributed by atoms with Gasteiger partial charge in [0, 0.05) is 15.4 Å². The predicted octanol–water partition coefficient (Wildman–Crippen LogP) is 5.63. The molecule has 0 radical (unpaired) electrons. The molecule has 0 spiro atoms. The molecule has 0 fully saturated rings. The van der Waals surface area contributed by atoms with Crippen molar-refractivity contribution in [1.29, 1.82) is 0 Å². The number of fused-ring (bicyclic) bond motifs is 1. The fourth-order valence-corrected chi connectivity index (χ4v) is 3.84. The summed E-state index contributed by atoms with van der Waals surface area (Å²) in [6, 6.07) is 21.6. The van der Waals surface area contributed by atoms with Crippen LogP contribution in [0, 0.1) is 5.82 Å². The maximum absolute atomic E-state index is 13.4. The highest BCUT2D eigenvalue weighted by Crippen LogP contribution is 2.35. The fourth-order valence-electron chi connectivity index (χ4n) is 3.43. The highest BCUT2D eigenvalue weighted by atomic mass is 79.9. The molecule has 0 aliphatic rings. The lowest BCUT2D eigenvalue weighted by Gasteiger charge is -2.18. The van der Waals surface area contributed by atoms with Crippen LogP contribution < -0.4 is 10.3 Å². The third-order valence-electron chi connectivity index (χ3n) is 4.75. The molecule has 0 atom stereocenters. The topological polar surface area (TPSA) is 31.2 Å². The minimum absolute atomic E-state index is 0.226. The van der Waals surface area contributed by atoms with E-state index in [4.69, 9.17) is 4.74 Å². The van der Waals surface area contributed by atoms with Crippen LogP contribution in [0.5, 0.6) is 5.75 Å². The van der Waals surface area contributed by atoms with Crippen molar-refractivity contribution >= 4 is 26.8 Å². The fraction of sp³-hybridized carbons (Fsp3) is 0.0870. The molecular formula is C23H17BrFNO2. The first-order chi connectivity index (χ1) is 13.6. The van der Waals surface area contributed by atoms with E-state index in [0.717, 1.165) is 26.5 Å². The van der Waals surface area contributed by atoms with Gasteiger partial charge < -0.3 is 9.30 Å². The summed E-state index contributed by atoms with van der Waals surface area (Å²) in [6.07, 6.45) is 0. The van der Waals surface area contributed by atoms with E-state index in [1.54, 1.807) is 16.7 Å². The molecule has 5 heteroatoms. The van der Waals surface area contributed by atoms with Crippen molar-refractivity contribution < 1.29 is 9.13 Å². The van der Waals surface area contributed by atoms with E-state index in [2.05, 4.69) is 15.9 Å². The van der Waals surface area contributed by atoms with Crippen molar-refractivity contribution in [3.63, 3.8) is 0 Å². The number of aromatic nitrogens is 1. The lowest BCUT2D eigenvalue weighted by Crippen LogP contribution is -2.23. The third kappa shape index (κ3) is 3.22. The van der Waals surface area contributed by atoms with Crippen molar-refractivity contribution in [1.82, 2.24) is 4.57 Å². The van der Waals surface area contributed by atoms with E-state index in [1.165, 1.54) is 19.2 Å². The number of pyridine rings is 1. The summed E-state index contributed by atoms with van der Waals surface area (Å²) in [5.74, 6) is -0.0772. The van der Waals surface area contributed by atoms with Crippen molar-refractivity contribution in [2.45, 2.75) is 6.54 Å². The number of hydrogen-bond donors (Lipinski definition) is 0. The van der Waals surface area contributed by atoms with Crippen LogP contribution in [0.1, 0.15) is 5.56 Å². The molecule has 0 bridgehead atoms. The standard InChI is InChI=1S/C23H17BrFNO2/c1-28-22-21(15-10-12-17(25)13-11-15)18-7-3-5-9-20(18)26(23(22)27)14-16-6-2-4-8-19(16)24/h2-13H,14H2,1H3. The van der Waals surface area contributed by atoms with Gasteiger partial charge in [-0.25, -0.2) is 4.39 Å². The minimum atomic E-state index is -0.325. The molecule has 0 aliphatic carbocycles. The number of halogens is 2. The quantitative estimate of drug-likeness (QED) is 0.414. The summed E-state index contributed by atoms with van der Waals surface area (Å²) in [4.78, 5) is 13.3. The first kappa shape index (κ1) is 18.4. The Morgan fingerprint density at radius 1 is 0.964 bits per heavy atom. The Morgan fingerprint density at radius 2 is 1.64 bits per heavy atom. The van der Waals surface area contributed by atoms with Crippen LogP contribution in [0.25, 0.3) is 22.0 Å². The van der Waals surface area contributed by atoms with E-state index in [-0.39, 0.29) is 17.1 Å². The average molecular weight is 438 g/mol. The first-order valence-electron chi connectivity index (χ1n) is 8.79. The number of methoxy groups -OCH3 is 1. The molecule has 28 heavy (non-hydrogen) atoms. The van der Waals surface area contributed by atoms with Gasteiger partial charge in [0.25, 0.3) is 5.56 Å². The van der Waals surface area contributed by atoms with Gasteiger partial charge in [-0.05, 0) is 35.4 Å². The molecule has 140 valence electrons. The molecule has 4 aromatic rings. The van der Waals surface area contributed by atoms with Crippen molar-refractivity contribution in [2.24, 2.45) is 0 Å². The van der Waals surface area contributed by atoms with Gasteiger partial charge in [-0.2, -0.15) is 0 Å². The number of rotatable bonds is 4. The van der Waals surface area contributed by atoms with Gasteiger partial charge in [0.15, 0.2) is 5.75 Å². The molecule has 0 aliphatic heterocycles. The van der Waals surface area contributed by atoms with Crippen LogP contribution in [0.4, 0.5) is 4.39 Å². The molecule has 0 saturated heterocycles. The van der Waals surface area contributed by atoms with Gasteiger partial charge in [0.05, 0.1) is 19.2 Å². The molecular weight excluding hydrogens is 421 g/mol. The Morgan fingerprint density at radius 3 is 2.36 bits per heavy atom. The molecule has 4 rings (SSSR count). The van der Waals surface area contributed by atoms with Crippen molar-refractivity contribution in [3.8, 4) is 16.9 Å². The summed E-state index contributed by atoms with van der Waals surface area (Å²) in [7, 11) is 1.49. The Balaban J connectivity index is 2.02. The Bertz CT molecular complexity index is 1220. The summed E-state index contributed by atoms with van der Waals surface area (Å²) in [5, 5.41) is 0.873. The van der Waals surface area contributed by atoms with Gasteiger partial charge in [-0.1, -0.05) is 64.5 Å². The van der Waals surface area contributed by atoms with Crippen LogP contribution in [0.3, 0.4) is 0 Å². The normalized spacial score (nSPS) is 11.0. The first-order valence-corrected chi connectivity index (χ1v) is 9.58. The van der Waals surface area contributed by atoms with Gasteiger partial charge in [0.1, 0.15) is 5.82 Å². The maximum Gasteiger partial charge on any atom is 0.294 e. The molecule has 0 unspecified atom stereocenters. The van der Waals surface area contributed by atoms with Crippen molar-refractivity contribution in [3.05, 3.63) is 99.0 Å². The maximum atomic E-state index is 13.4. The molecule has 1 aromatic heterocycles. The van der Waals surface area contributed by atoms with E-state index < -0.39 is 0 Å². The SMILES string of the molecule is COc1c(-c2ccc(F)cc2)c2ccccc2n(Cc2ccccc2Br)c1=O. The zero-order valence-corrected chi connectivity index (χ0v) is 16.7.